The average molecular weight is 383 g/mol. The predicted molar refractivity (Wildman–Crippen MR) is 107 cm³/mol. The van der Waals surface area contributed by atoms with Crippen molar-refractivity contribution in [2.24, 2.45) is 11.0 Å². The van der Waals surface area contributed by atoms with Gasteiger partial charge in [0.2, 0.25) is 0 Å². The zero-order valence-corrected chi connectivity index (χ0v) is 16.3. The van der Waals surface area contributed by atoms with Gasteiger partial charge in [-0.15, -0.1) is 0 Å². The van der Waals surface area contributed by atoms with Crippen LogP contribution in [0.5, 0.6) is 11.5 Å². The number of nitrogens with zero attached hydrogens (tertiary/aromatic N) is 1. The van der Waals surface area contributed by atoms with Crippen LogP contribution >= 0.6 is 0 Å². The van der Waals surface area contributed by atoms with Crippen molar-refractivity contribution in [1.82, 2.24) is 10.7 Å². The van der Waals surface area contributed by atoms with Crippen LogP contribution in [0.3, 0.4) is 0 Å². The lowest BCUT2D eigenvalue weighted by Crippen LogP contribution is -2.39. The molecule has 0 aliphatic rings. The highest BCUT2D eigenvalue weighted by Gasteiger charge is 2.12. The number of rotatable bonds is 8. The molecule has 2 rings (SSSR count). The smallest absolute Gasteiger partial charge is 0.329 e. The third kappa shape index (κ3) is 6.75. The molecule has 2 aromatic carbocycles. The number of ether oxygens (including phenoxy) is 2. The molecule has 0 spiro atoms. The number of carbonyl (C=O) groups excluding carboxylic acids is 2. The lowest BCUT2D eigenvalue weighted by molar-refractivity contribution is -0.139. The van der Waals surface area contributed by atoms with Gasteiger partial charge in [0.05, 0.1) is 13.3 Å². The van der Waals surface area contributed by atoms with Gasteiger partial charge in [-0.2, -0.15) is 5.10 Å². The second kappa shape index (κ2) is 10.7. The van der Waals surface area contributed by atoms with Crippen LogP contribution in [0.4, 0.5) is 0 Å². The van der Waals surface area contributed by atoms with Gasteiger partial charge >= 0.3 is 11.8 Å². The van der Waals surface area contributed by atoms with Crippen LogP contribution in [0, 0.1) is 5.92 Å². The number of carbonyl (C=O) groups is 2. The molecule has 0 atom stereocenters. The summed E-state index contributed by atoms with van der Waals surface area (Å²) in [5.41, 5.74) is 3.94. The van der Waals surface area contributed by atoms with Crippen molar-refractivity contribution in [2.75, 3.05) is 13.7 Å². The molecule has 0 aliphatic heterocycles. The van der Waals surface area contributed by atoms with Gasteiger partial charge in [-0.3, -0.25) is 9.59 Å². The van der Waals surface area contributed by atoms with E-state index in [-0.39, 0.29) is 5.92 Å². The van der Waals surface area contributed by atoms with Gasteiger partial charge in [-0.05, 0) is 35.2 Å². The molecule has 0 saturated carbocycles. The van der Waals surface area contributed by atoms with E-state index < -0.39 is 11.8 Å². The monoisotopic (exact) mass is 383 g/mol. The molecule has 2 N–H and O–H groups in total. The van der Waals surface area contributed by atoms with Crippen LogP contribution < -0.4 is 20.2 Å². The van der Waals surface area contributed by atoms with Crippen molar-refractivity contribution in [1.29, 1.82) is 0 Å². The molecular weight excluding hydrogens is 358 g/mol. The van der Waals surface area contributed by atoms with Crippen LogP contribution in [-0.2, 0) is 16.2 Å². The molecule has 0 fully saturated rings. The molecule has 0 heterocycles. The number of methoxy groups -OCH3 is 1. The SMILES string of the molecule is COc1cc(/C=N/NC(=O)C(=O)NCC(C)C)ccc1OCc1ccccc1. The largest absolute Gasteiger partial charge is 0.493 e. The molecule has 28 heavy (non-hydrogen) atoms. The Bertz CT molecular complexity index is 820. The topological polar surface area (TPSA) is 89.0 Å². The minimum atomic E-state index is -0.813. The maximum Gasteiger partial charge on any atom is 0.329 e. The van der Waals surface area contributed by atoms with E-state index in [9.17, 15) is 9.59 Å². The van der Waals surface area contributed by atoms with Crippen molar-refractivity contribution in [3.8, 4) is 11.5 Å². The van der Waals surface area contributed by atoms with E-state index in [1.165, 1.54) is 6.21 Å². The molecule has 2 amide bonds. The second-order valence-corrected chi connectivity index (χ2v) is 6.49. The number of amides is 2. The van der Waals surface area contributed by atoms with Crippen molar-refractivity contribution in [3.05, 3.63) is 59.7 Å². The Kier molecular flexibility index (Phi) is 8.02. The first-order chi connectivity index (χ1) is 13.5. The number of nitrogens with one attached hydrogen (secondary N) is 2. The number of hydrazone groups is 1. The van der Waals surface area contributed by atoms with Crippen molar-refractivity contribution in [3.63, 3.8) is 0 Å². The molecule has 0 unspecified atom stereocenters. The second-order valence-electron chi connectivity index (χ2n) is 6.49. The third-order valence-corrected chi connectivity index (χ3v) is 3.68. The Balaban J connectivity index is 1.92. The predicted octanol–water partition coefficient (Wildman–Crippen LogP) is 2.50. The molecule has 0 bridgehead atoms. The highest BCUT2D eigenvalue weighted by Crippen LogP contribution is 2.28. The normalized spacial score (nSPS) is 10.7. The van der Waals surface area contributed by atoms with E-state index in [0.29, 0.717) is 30.2 Å². The van der Waals surface area contributed by atoms with Crippen molar-refractivity contribution < 1.29 is 19.1 Å². The van der Waals surface area contributed by atoms with Gasteiger partial charge in [-0.25, -0.2) is 5.43 Å². The molecule has 0 radical (unpaired) electrons. The molecule has 148 valence electrons. The summed E-state index contributed by atoms with van der Waals surface area (Å²) < 4.78 is 11.2. The van der Waals surface area contributed by atoms with E-state index in [2.05, 4.69) is 15.8 Å². The Labute approximate surface area is 164 Å². The Morgan fingerprint density at radius 3 is 2.50 bits per heavy atom. The maximum atomic E-state index is 11.7. The summed E-state index contributed by atoms with van der Waals surface area (Å²) in [4.78, 5) is 23.3. The van der Waals surface area contributed by atoms with E-state index >= 15 is 0 Å². The summed E-state index contributed by atoms with van der Waals surface area (Å²) in [6.45, 7) is 4.73. The molecule has 7 nitrogen and oxygen atoms in total. The average Bonchev–Trinajstić information content (AvgIpc) is 2.71. The zero-order chi connectivity index (χ0) is 20.4. The summed E-state index contributed by atoms with van der Waals surface area (Å²) >= 11 is 0. The molecule has 0 saturated heterocycles. The summed E-state index contributed by atoms with van der Waals surface area (Å²) in [6, 6.07) is 15.1. The van der Waals surface area contributed by atoms with Crippen LogP contribution in [0.1, 0.15) is 25.0 Å². The molecule has 0 aliphatic carbocycles. The van der Waals surface area contributed by atoms with Crippen LogP contribution in [0.15, 0.2) is 53.6 Å². The lowest BCUT2D eigenvalue weighted by atomic mass is 10.2. The fraction of sp³-hybridized carbons (Fsp3) is 0.286. The molecular formula is C21H25N3O4. The van der Waals surface area contributed by atoms with Gasteiger partial charge in [0.1, 0.15) is 6.61 Å². The Morgan fingerprint density at radius 2 is 1.82 bits per heavy atom. The van der Waals surface area contributed by atoms with Gasteiger partial charge in [-0.1, -0.05) is 44.2 Å². The summed E-state index contributed by atoms with van der Waals surface area (Å²) in [5, 5.41) is 6.33. The van der Waals surface area contributed by atoms with E-state index in [4.69, 9.17) is 9.47 Å². The Morgan fingerprint density at radius 1 is 1.07 bits per heavy atom. The van der Waals surface area contributed by atoms with Crippen LogP contribution in [-0.4, -0.2) is 31.7 Å². The maximum absolute atomic E-state index is 11.7. The number of benzene rings is 2. The quantitative estimate of drug-likeness (QED) is 0.416. The zero-order valence-electron chi connectivity index (χ0n) is 16.3. The standard InChI is InChI=1S/C21H25N3O4/c1-15(2)12-22-20(25)21(26)24-23-13-17-9-10-18(19(11-17)27-3)28-14-16-7-5-4-6-8-16/h4-11,13,15H,12,14H2,1-3H3,(H,22,25)(H,24,26)/b23-13+. The molecule has 2 aromatic rings. The van der Waals surface area contributed by atoms with Gasteiger partial charge in [0.25, 0.3) is 0 Å². The minimum Gasteiger partial charge on any atom is -0.493 e. The summed E-state index contributed by atoms with van der Waals surface area (Å²) in [5.74, 6) is -0.128. The van der Waals surface area contributed by atoms with Crippen LogP contribution in [0.2, 0.25) is 0 Å². The van der Waals surface area contributed by atoms with Gasteiger partial charge < -0.3 is 14.8 Å². The van der Waals surface area contributed by atoms with Gasteiger partial charge in [0.15, 0.2) is 11.5 Å². The van der Waals surface area contributed by atoms with Crippen molar-refractivity contribution in [2.45, 2.75) is 20.5 Å². The summed E-state index contributed by atoms with van der Waals surface area (Å²) in [7, 11) is 1.55. The number of hydrogen-bond acceptors (Lipinski definition) is 5. The van der Waals surface area contributed by atoms with E-state index in [1.807, 2.05) is 44.2 Å². The highest BCUT2D eigenvalue weighted by molar-refractivity contribution is 6.35. The van der Waals surface area contributed by atoms with Gasteiger partial charge in [0, 0.05) is 6.54 Å². The summed E-state index contributed by atoms with van der Waals surface area (Å²) in [6.07, 6.45) is 1.43. The minimum absolute atomic E-state index is 0.260. The molecule has 7 heteroatoms. The highest BCUT2D eigenvalue weighted by atomic mass is 16.5. The van der Waals surface area contributed by atoms with E-state index in [1.54, 1.807) is 25.3 Å². The molecule has 0 aromatic heterocycles. The first kappa shape index (κ1) is 21.0. The lowest BCUT2D eigenvalue weighted by Gasteiger charge is -2.11. The van der Waals surface area contributed by atoms with Crippen LogP contribution in [0.25, 0.3) is 0 Å². The Hall–Kier alpha value is -3.35. The fourth-order valence-corrected chi connectivity index (χ4v) is 2.21. The first-order valence-electron chi connectivity index (χ1n) is 8.95. The number of hydrogen-bond donors (Lipinski definition) is 2. The van der Waals surface area contributed by atoms with Crippen molar-refractivity contribution >= 4 is 18.0 Å². The third-order valence-electron chi connectivity index (χ3n) is 3.68. The fourth-order valence-electron chi connectivity index (χ4n) is 2.21. The first-order valence-corrected chi connectivity index (χ1v) is 8.95. The van der Waals surface area contributed by atoms with E-state index in [0.717, 1.165) is 5.56 Å².